The molecule has 0 saturated carbocycles. The van der Waals surface area contributed by atoms with Gasteiger partial charge >= 0.3 is 6.18 Å². The summed E-state index contributed by atoms with van der Waals surface area (Å²) in [5.41, 5.74) is 0.603. The van der Waals surface area contributed by atoms with Crippen molar-refractivity contribution in [3.8, 4) is 0 Å². The first-order valence-electron chi connectivity index (χ1n) is 10.8. The van der Waals surface area contributed by atoms with Crippen molar-refractivity contribution in [2.75, 3.05) is 13.2 Å². The van der Waals surface area contributed by atoms with Crippen LogP contribution in [0.1, 0.15) is 62.8 Å². The summed E-state index contributed by atoms with van der Waals surface area (Å²) in [5, 5.41) is 3.34. The van der Waals surface area contributed by atoms with E-state index in [9.17, 15) is 17.6 Å². The average Bonchev–Trinajstić information content (AvgIpc) is 2.77. The third kappa shape index (κ3) is 5.63. The molecule has 3 nitrogen and oxygen atoms in total. The Kier molecular flexibility index (Phi) is 7.37. The molecule has 2 aromatic rings. The van der Waals surface area contributed by atoms with Crippen LogP contribution in [0.15, 0.2) is 42.6 Å². The van der Waals surface area contributed by atoms with Gasteiger partial charge in [0.2, 0.25) is 0 Å². The molecule has 1 fully saturated rings. The number of pyridine rings is 1. The van der Waals surface area contributed by atoms with E-state index in [0.717, 1.165) is 43.7 Å². The molecule has 0 aliphatic carbocycles. The van der Waals surface area contributed by atoms with Crippen molar-refractivity contribution in [1.82, 2.24) is 10.3 Å². The van der Waals surface area contributed by atoms with Crippen LogP contribution in [-0.2, 0) is 22.9 Å². The van der Waals surface area contributed by atoms with E-state index in [1.165, 1.54) is 24.4 Å². The molecule has 0 amide bonds. The Labute approximate surface area is 181 Å². The van der Waals surface area contributed by atoms with Crippen molar-refractivity contribution in [1.29, 1.82) is 0 Å². The Balaban J connectivity index is 1.69. The monoisotopic (exact) mass is 438 g/mol. The normalized spacial score (nSPS) is 21.2. The minimum absolute atomic E-state index is 0.136. The Morgan fingerprint density at radius 1 is 1.06 bits per heavy atom. The number of ether oxygens (including phenoxy) is 1. The molecule has 1 N–H and O–H groups in total. The van der Waals surface area contributed by atoms with Gasteiger partial charge in [0.15, 0.2) is 0 Å². The first kappa shape index (κ1) is 23.7. The van der Waals surface area contributed by atoms with Crippen LogP contribution >= 0.6 is 0 Å². The van der Waals surface area contributed by atoms with Crippen LogP contribution in [-0.4, -0.2) is 23.7 Å². The first-order chi connectivity index (χ1) is 14.7. The van der Waals surface area contributed by atoms with E-state index >= 15 is 0 Å². The SMILES string of the molecule is CCC1(CC)CC(CCNCc2ccc(C(F)(F)F)nc2)(c2ccc(F)cc2)CCO1. The molecule has 170 valence electrons. The summed E-state index contributed by atoms with van der Waals surface area (Å²) in [4.78, 5) is 3.51. The maximum Gasteiger partial charge on any atom is 0.433 e. The minimum Gasteiger partial charge on any atom is -0.375 e. The minimum atomic E-state index is -4.43. The molecular weight excluding hydrogens is 408 g/mol. The smallest absolute Gasteiger partial charge is 0.375 e. The zero-order valence-corrected chi connectivity index (χ0v) is 18.1. The van der Waals surface area contributed by atoms with Gasteiger partial charge in [0, 0.05) is 24.8 Å². The van der Waals surface area contributed by atoms with Crippen LogP contribution < -0.4 is 5.32 Å². The third-order valence-electron chi connectivity index (χ3n) is 6.62. The molecule has 7 heteroatoms. The average molecular weight is 439 g/mol. The standard InChI is InChI=1S/C24H30F4N2O/c1-3-23(4-2)17-22(12-14-31-23,19-6-8-20(25)9-7-19)11-13-29-15-18-5-10-21(30-16-18)24(26,27)28/h5-10,16,29H,3-4,11-15,17H2,1-2H3. The van der Waals surface area contributed by atoms with Crippen LogP contribution in [0, 0.1) is 5.82 Å². The van der Waals surface area contributed by atoms with E-state index in [4.69, 9.17) is 4.74 Å². The number of nitrogens with zero attached hydrogens (tertiary/aromatic N) is 1. The fraction of sp³-hybridized carbons (Fsp3) is 0.542. The number of rotatable bonds is 8. The van der Waals surface area contributed by atoms with Crippen molar-refractivity contribution < 1.29 is 22.3 Å². The highest BCUT2D eigenvalue weighted by molar-refractivity contribution is 5.28. The maximum atomic E-state index is 13.5. The summed E-state index contributed by atoms with van der Waals surface area (Å²) >= 11 is 0. The third-order valence-corrected chi connectivity index (χ3v) is 6.62. The fourth-order valence-corrected chi connectivity index (χ4v) is 4.59. The van der Waals surface area contributed by atoms with Gasteiger partial charge in [0.05, 0.1) is 5.60 Å². The van der Waals surface area contributed by atoms with Gasteiger partial charge in [-0.1, -0.05) is 32.0 Å². The van der Waals surface area contributed by atoms with E-state index in [0.29, 0.717) is 25.3 Å². The molecule has 31 heavy (non-hydrogen) atoms. The number of aromatic nitrogens is 1. The molecule has 0 spiro atoms. The quantitative estimate of drug-likeness (QED) is 0.404. The fourth-order valence-electron chi connectivity index (χ4n) is 4.59. The van der Waals surface area contributed by atoms with E-state index in [-0.39, 0.29) is 16.8 Å². The summed E-state index contributed by atoms with van der Waals surface area (Å²) in [6.07, 6.45) is 1.21. The summed E-state index contributed by atoms with van der Waals surface area (Å²) in [5.74, 6) is -0.254. The topological polar surface area (TPSA) is 34.2 Å². The molecular formula is C24H30F4N2O. The summed E-state index contributed by atoms with van der Waals surface area (Å²) < 4.78 is 57.7. The Bertz CT molecular complexity index is 832. The van der Waals surface area contributed by atoms with E-state index < -0.39 is 11.9 Å². The Morgan fingerprint density at radius 3 is 2.35 bits per heavy atom. The highest BCUT2D eigenvalue weighted by Gasteiger charge is 2.44. The van der Waals surface area contributed by atoms with Crippen molar-refractivity contribution in [2.45, 2.75) is 69.7 Å². The van der Waals surface area contributed by atoms with E-state index in [1.54, 1.807) is 0 Å². The van der Waals surface area contributed by atoms with Crippen molar-refractivity contribution in [3.63, 3.8) is 0 Å². The lowest BCUT2D eigenvalue weighted by Crippen LogP contribution is -2.48. The van der Waals surface area contributed by atoms with Gasteiger partial charge in [-0.3, -0.25) is 4.98 Å². The van der Waals surface area contributed by atoms with Gasteiger partial charge in [-0.05, 0) is 68.0 Å². The molecule has 3 rings (SSSR count). The molecule has 1 aliphatic rings. The Hall–Kier alpha value is -1.99. The zero-order chi connectivity index (χ0) is 22.5. The van der Waals surface area contributed by atoms with Crippen LogP contribution in [0.25, 0.3) is 0 Å². The predicted octanol–water partition coefficient (Wildman–Crippen LogP) is 6.03. The summed E-state index contributed by atoms with van der Waals surface area (Å²) in [7, 11) is 0. The molecule has 1 atom stereocenters. The van der Waals surface area contributed by atoms with Crippen molar-refractivity contribution in [2.24, 2.45) is 0 Å². The van der Waals surface area contributed by atoms with Gasteiger partial charge in [-0.15, -0.1) is 0 Å². The number of benzene rings is 1. The van der Waals surface area contributed by atoms with Gasteiger partial charge in [-0.2, -0.15) is 13.2 Å². The van der Waals surface area contributed by atoms with Gasteiger partial charge in [0.1, 0.15) is 11.5 Å². The number of halogens is 4. The van der Waals surface area contributed by atoms with Crippen LogP contribution in [0.3, 0.4) is 0 Å². The van der Waals surface area contributed by atoms with Gasteiger partial charge < -0.3 is 10.1 Å². The van der Waals surface area contributed by atoms with Crippen LogP contribution in [0.4, 0.5) is 17.6 Å². The lowest BCUT2D eigenvalue weighted by Gasteiger charge is -2.48. The molecule has 1 aromatic carbocycles. The van der Waals surface area contributed by atoms with Crippen LogP contribution in [0.5, 0.6) is 0 Å². The van der Waals surface area contributed by atoms with Crippen LogP contribution in [0.2, 0.25) is 0 Å². The Morgan fingerprint density at radius 2 is 1.77 bits per heavy atom. The van der Waals surface area contributed by atoms with Gasteiger partial charge in [0.25, 0.3) is 0 Å². The second kappa shape index (κ2) is 9.65. The largest absolute Gasteiger partial charge is 0.433 e. The van der Waals surface area contributed by atoms with Crippen molar-refractivity contribution >= 4 is 0 Å². The molecule has 1 saturated heterocycles. The number of alkyl halides is 3. The molecule has 1 aliphatic heterocycles. The highest BCUT2D eigenvalue weighted by Crippen LogP contribution is 2.46. The molecule has 0 radical (unpaired) electrons. The molecule has 2 heterocycles. The van der Waals surface area contributed by atoms with E-state index in [2.05, 4.69) is 24.1 Å². The predicted molar refractivity (Wildman–Crippen MR) is 112 cm³/mol. The molecule has 0 bridgehead atoms. The van der Waals surface area contributed by atoms with Gasteiger partial charge in [-0.25, -0.2) is 4.39 Å². The summed E-state index contributed by atoms with van der Waals surface area (Å²) in [6, 6.07) is 9.21. The second-order valence-corrected chi connectivity index (χ2v) is 8.43. The molecule has 1 unspecified atom stereocenters. The summed E-state index contributed by atoms with van der Waals surface area (Å²) in [6.45, 7) is 6.05. The highest BCUT2D eigenvalue weighted by atomic mass is 19.4. The lowest BCUT2D eigenvalue weighted by molar-refractivity contribution is -0.141. The van der Waals surface area contributed by atoms with Crippen molar-refractivity contribution in [3.05, 3.63) is 65.2 Å². The van der Waals surface area contributed by atoms with E-state index in [1.807, 2.05) is 12.1 Å². The second-order valence-electron chi connectivity index (χ2n) is 8.43. The maximum absolute atomic E-state index is 13.5. The lowest BCUT2D eigenvalue weighted by atomic mass is 9.65. The number of hydrogen-bond acceptors (Lipinski definition) is 3. The zero-order valence-electron chi connectivity index (χ0n) is 18.1. The number of nitrogens with one attached hydrogen (secondary N) is 1. The first-order valence-corrected chi connectivity index (χ1v) is 10.8. The molecule has 1 aromatic heterocycles. The number of hydrogen-bond donors (Lipinski definition) is 1.